The van der Waals surface area contributed by atoms with E-state index in [-0.39, 0.29) is 5.82 Å². The average molecular weight is 356 g/mol. The Morgan fingerprint density at radius 3 is 2.50 bits per heavy atom. The zero-order valence-electron chi connectivity index (χ0n) is 15.5. The molecule has 0 spiro atoms. The summed E-state index contributed by atoms with van der Waals surface area (Å²) in [6.07, 6.45) is 3.00. The van der Waals surface area contributed by atoms with Crippen LogP contribution in [0.1, 0.15) is 36.5 Å². The van der Waals surface area contributed by atoms with Crippen LogP contribution in [0.2, 0.25) is 0 Å². The minimum Gasteiger partial charge on any atom is -0.396 e. The number of nitrogens with zero attached hydrogens (tertiary/aromatic N) is 1. The molecule has 26 heavy (non-hydrogen) atoms. The van der Waals surface area contributed by atoms with Crippen molar-refractivity contribution < 1.29 is 9.50 Å². The van der Waals surface area contributed by atoms with E-state index in [0.29, 0.717) is 19.1 Å². The van der Waals surface area contributed by atoms with Crippen LogP contribution in [-0.4, -0.2) is 29.7 Å². The van der Waals surface area contributed by atoms with Crippen LogP contribution in [0.4, 0.5) is 10.1 Å². The molecule has 2 aromatic carbocycles. The number of rotatable bonds is 7. The van der Waals surface area contributed by atoms with Crippen LogP contribution in [0.3, 0.4) is 0 Å². The Balaban J connectivity index is 1.54. The highest BCUT2D eigenvalue weighted by atomic mass is 19.1. The molecule has 0 aliphatic carbocycles. The third kappa shape index (κ3) is 4.83. The molecule has 0 saturated carbocycles. The van der Waals surface area contributed by atoms with E-state index < -0.39 is 0 Å². The molecular formula is C22H29FN2O. The van der Waals surface area contributed by atoms with Gasteiger partial charge in [-0.05, 0) is 67.6 Å². The molecule has 0 unspecified atom stereocenters. The summed E-state index contributed by atoms with van der Waals surface area (Å²) >= 11 is 0. The minimum absolute atomic E-state index is 0.139. The lowest BCUT2D eigenvalue weighted by Gasteiger charge is -2.31. The van der Waals surface area contributed by atoms with Gasteiger partial charge in [0.15, 0.2) is 0 Å². The molecule has 1 aliphatic rings. The van der Waals surface area contributed by atoms with Crippen LogP contribution < -0.4 is 5.32 Å². The molecule has 0 radical (unpaired) electrons. The molecular weight excluding hydrogens is 327 g/mol. The standard InChI is InChI=1S/C22H29FN2O/c1-2-19-4-3-5-22(23)21(19)14-24-20-8-6-17(7-9-20)15-25-12-10-18(16-26)11-13-25/h3-9,18,24,26H,2,10-16H2,1H3. The van der Waals surface area contributed by atoms with Gasteiger partial charge in [-0.3, -0.25) is 4.90 Å². The fraction of sp³-hybridized carbons (Fsp3) is 0.455. The molecule has 2 N–H and O–H groups in total. The lowest BCUT2D eigenvalue weighted by atomic mass is 9.97. The SMILES string of the molecule is CCc1cccc(F)c1CNc1ccc(CN2CCC(CO)CC2)cc1. The van der Waals surface area contributed by atoms with Gasteiger partial charge in [0.2, 0.25) is 0 Å². The van der Waals surface area contributed by atoms with Crippen molar-refractivity contribution in [3.63, 3.8) is 0 Å². The predicted molar refractivity (Wildman–Crippen MR) is 105 cm³/mol. The van der Waals surface area contributed by atoms with Gasteiger partial charge in [-0.1, -0.05) is 31.2 Å². The molecule has 0 amide bonds. The summed E-state index contributed by atoms with van der Waals surface area (Å²) < 4.78 is 14.1. The molecule has 0 bridgehead atoms. The molecule has 1 heterocycles. The molecule has 140 valence electrons. The average Bonchev–Trinajstić information content (AvgIpc) is 2.68. The van der Waals surface area contributed by atoms with Crippen LogP contribution in [0.15, 0.2) is 42.5 Å². The molecule has 1 saturated heterocycles. The summed E-state index contributed by atoms with van der Waals surface area (Å²) in [5, 5.41) is 12.6. The Morgan fingerprint density at radius 1 is 1.12 bits per heavy atom. The topological polar surface area (TPSA) is 35.5 Å². The van der Waals surface area contributed by atoms with Gasteiger partial charge in [-0.2, -0.15) is 0 Å². The zero-order valence-corrected chi connectivity index (χ0v) is 15.5. The second-order valence-corrected chi connectivity index (χ2v) is 7.18. The molecule has 1 fully saturated rings. The van der Waals surface area contributed by atoms with Crippen LogP contribution in [0, 0.1) is 11.7 Å². The Bertz CT molecular complexity index is 694. The van der Waals surface area contributed by atoms with Gasteiger partial charge in [0, 0.05) is 30.9 Å². The number of hydrogen-bond acceptors (Lipinski definition) is 3. The van der Waals surface area contributed by atoms with Gasteiger partial charge in [0.1, 0.15) is 5.82 Å². The number of anilines is 1. The van der Waals surface area contributed by atoms with E-state index in [2.05, 4.69) is 41.4 Å². The van der Waals surface area contributed by atoms with Crippen LogP contribution in [0.5, 0.6) is 0 Å². The first kappa shape index (κ1) is 18.9. The number of nitrogens with one attached hydrogen (secondary N) is 1. The van der Waals surface area contributed by atoms with Crippen LogP contribution >= 0.6 is 0 Å². The van der Waals surface area contributed by atoms with E-state index in [9.17, 15) is 9.50 Å². The molecule has 2 aromatic rings. The summed E-state index contributed by atoms with van der Waals surface area (Å²) in [5.41, 5.74) is 4.11. The maximum absolute atomic E-state index is 14.1. The van der Waals surface area contributed by atoms with Crippen LogP contribution in [0.25, 0.3) is 0 Å². The molecule has 1 aliphatic heterocycles. The molecule has 0 aromatic heterocycles. The Morgan fingerprint density at radius 2 is 1.85 bits per heavy atom. The van der Waals surface area contributed by atoms with Gasteiger partial charge < -0.3 is 10.4 Å². The quantitative estimate of drug-likeness (QED) is 0.780. The van der Waals surface area contributed by atoms with E-state index >= 15 is 0 Å². The van der Waals surface area contributed by atoms with Gasteiger partial charge in [0.25, 0.3) is 0 Å². The van der Waals surface area contributed by atoms with E-state index in [1.54, 1.807) is 6.07 Å². The van der Waals surface area contributed by atoms with E-state index in [0.717, 1.165) is 55.7 Å². The molecule has 3 nitrogen and oxygen atoms in total. The van der Waals surface area contributed by atoms with Crippen molar-refractivity contribution in [3.05, 3.63) is 65.0 Å². The minimum atomic E-state index is -0.139. The van der Waals surface area contributed by atoms with Gasteiger partial charge in [0.05, 0.1) is 0 Å². The van der Waals surface area contributed by atoms with E-state index in [4.69, 9.17) is 0 Å². The fourth-order valence-corrected chi connectivity index (χ4v) is 3.64. The van der Waals surface area contributed by atoms with Crippen molar-refractivity contribution in [3.8, 4) is 0 Å². The third-order valence-electron chi connectivity index (χ3n) is 5.39. The number of benzene rings is 2. The van der Waals surface area contributed by atoms with Crippen LogP contribution in [-0.2, 0) is 19.5 Å². The molecule has 3 rings (SSSR count). The second-order valence-electron chi connectivity index (χ2n) is 7.18. The normalized spacial score (nSPS) is 16.0. The van der Waals surface area contributed by atoms with Gasteiger partial charge >= 0.3 is 0 Å². The third-order valence-corrected chi connectivity index (χ3v) is 5.39. The number of aliphatic hydroxyl groups is 1. The highest BCUT2D eigenvalue weighted by Gasteiger charge is 2.18. The largest absolute Gasteiger partial charge is 0.396 e. The van der Waals surface area contributed by atoms with Crippen molar-refractivity contribution in [2.75, 3.05) is 25.0 Å². The maximum atomic E-state index is 14.1. The summed E-state index contributed by atoms with van der Waals surface area (Å²) in [6, 6.07) is 13.7. The number of aryl methyl sites for hydroxylation is 1. The second kappa shape index (κ2) is 9.15. The number of hydrogen-bond donors (Lipinski definition) is 2. The molecule has 4 heteroatoms. The van der Waals surface area contributed by atoms with Gasteiger partial charge in [-0.15, -0.1) is 0 Å². The summed E-state index contributed by atoms with van der Waals surface area (Å²) in [6.45, 7) is 5.93. The molecule has 0 atom stereocenters. The van der Waals surface area contributed by atoms with E-state index in [1.807, 2.05) is 6.07 Å². The smallest absolute Gasteiger partial charge is 0.128 e. The predicted octanol–water partition coefficient (Wildman–Crippen LogP) is 4.20. The monoisotopic (exact) mass is 356 g/mol. The van der Waals surface area contributed by atoms with Crippen molar-refractivity contribution >= 4 is 5.69 Å². The highest BCUT2D eigenvalue weighted by Crippen LogP contribution is 2.20. The Hall–Kier alpha value is -1.91. The number of piperidine rings is 1. The van der Waals surface area contributed by atoms with Crippen molar-refractivity contribution in [2.45, 2.75) is 39.3 Å². The first-order valence-corrected chi connectivity index (χ1v) is 9.62. The lowest BCUT2D eigenvalue weighted by molar-refractivity contribution is 0.127. The lowest BCUT2D eigenvalue weighted by Crippen LogP contribution is -2.34. The van der Waals surface area contributed by atoms with Crippen molar-refractivity contribution in [2.24, 2.45) is 5.92 Å². The number of aliphatic hydroxyl groups excluding tert-OH is 1. The fourth-order valence-electron chi connectivity index (χ4n) is 3.64. The van der Waals surface area contributed by atoms with Gasteiger partial charge in [-0.25, -0.2) is 4.39 Å². The number of halogens is 1. The first-order valence-electron chi connectivity index (χ1n) is 9.62. The van der Waals surface area contributed by atoms with Crippen molar-refractivity contribution in [1.82, 2.24) is 4.90 Å². The van der Waals surface area contributed by atoms with Crippen molar-refractivity contribution in [1.29, 1.82) is 0 Å². The first-order chi connectivity index (χ1) is 12.7. The summed E-state index contributed by atoms with van der Waals surface area (Å²) in [4.78, 5) is 2.45. The maximum Gasteiger partial charge on any atom is 0.128 e. The highest BCUT2D eigenvalue weighted by molar-refractivity contribution is 5.46. The Kier molecular flexibility index (Phi) is 6.64. The zero-order chi connectivity index (χ0) is 18.4. The van der Waals surface area contributed by atoms with E-state index in [1.165, 1.54) is 11.6 Å². The summed E-state index contributed by atoms with van der Waals surface area (Å²) in [7, 11) is 0. The number of likely N-dealkylation sites (tertiary alicyclic amines) is 1. The summed E-state index contributed by atoms with van der Waals surface area (Å²) in [5.74, 6) is 0.337. The Labute approximate surface area is 155 Å².